The number of nitrogens with one attached hydrogen (secondary N) is 1. The highest BCUT2D eigenvalue weighted by molar-refractivity contribution is 9.10. The molecule has 0 saturated carbocycles. The van der Waals surface area contributed by atoms with Gasteiger partial charge in [-0.3, -0.25) is 4.72 Å². The van der Waals surface area contributed by atoms with Crippen molar-refractivity contribution in [3.8, 4) is 5.88 Å². The molecule has 1 aromatic rings. The van der Waals surface area contributed by atoms with Crippen molar-refractivity contribution in [3.63, 3.8) is 0 Å². The average molecular weight is 281 g/mol. The molecule has 0 aliphatic rings. The van der Waals surface area contributed by atoms with Crippen LogP contribution in [0.1, 0.15) is 0 Å². The van der Waals surface area contributed by atoms with E-state index in [-0.39, 0.29) is 0 Å². The number of sulfonamides is 1. The highest BCUT2D eigenvalue weighted by Crippen LogP contribution is 2.24. The summed E-state index contributed by atoms with van der Waals surface area (Å²) in [5.41, 5.74) is 0.389. The Morgan fingerprint density at radius 3 is 2.64 bits per heavy atom. The Balaban J connectivity index is 2.98. The fraction of sp³-hybridized carbons (Fsp3) is 0.286. The standard InChI is InChI=1S/C7H9BrN2O3S/c1-13-7-6(8)3-5(4-9-7)10-14(2,11)12/h3-4,10H,1-2H3. The molecule has 0 spiro atoms. The van der Waals surface area contributed by atoms with Crippen molar-refractivity contribution in [3.05, 3.63) is 16.7 Å². The lowest BCUT2D eigenvalue weighted by Gasteiger charge is -2.05. The number of ether oxygens (including phenoxy) is 1. The molecule has 0 fully saturated rings. The number of aromatic nitrogens is 1. The molecule has 0 amide bonds. The molecule has 1 heterocycles. The quantitative estimate of drug-likeness (QED) is 0.904. The van der Waals surface area contributed by atoms with E-state index in [2.05, 4.69) is 25.6 Å². The zero-order valence-electron chi connectivity index (χ0n) is 7.61. The van der Waals surface area contributed by atoms with Gasteiger partial charge >= 0.3 is 0 Å². The number of hydrogen-bond acceptors (Lipinski definition) is 4. The van der Waals surface area contributed by atoms with Gasteiger partial charge in [0.25, 0.3) is 0 Å². The van der Waals surface area contributed by atoms with Crippen LogP contribution in [0, 0.1) is 0 Å². The molecule has 7 heteroatoms. The van der Waals surface area contributed by atoms with E-state index >= 15 is 0 Å². The zero-order valence-corrected chi connectivity index (χ0v) is 10.0. The number of nitrogens with zero attached hydrogens (tertiary/aromatic N) is 1. The molecule has 1 rings (SSSR count). The predicted octanol–water partition coefficient (Wildman–Crippen LogP) is 1.22. The van der Waals surface area contributed by atoms with E-state index < -0.39 is 10.0 Å². The Bertz CT molecular complexity index is 433. The molecule has 0 aliphatic carbocycles. The van der Waals surface area contributed by atoms with E-state index in [0.717, 1.165) is 6.26 Å². The largest absolute Gasteiger partial charge is 0.480 e. The van der Waals surface area contributed by atoms with Gasteiger partial charge in [0.2, 0.25) is 15.9 Å². The van der Waals surface area contributed by atoms with Gasteiger partial charge in [0, 0.05) is 0 Å². The van der Waals surface area contributed by atoms with Crippen LogP contribution in [0.2, 0.25) is 0 Å². The lowest BCUT2D eigenvalue weighted by molar-refractivity contribution is 0.395. The fourth-order valence-corrected chi connectivity index (χ4v) is 1.90. The molecule has 1 aromatic heterocycles. The summed E-state index contributed by atoms with van der Waals surface area (Å²) in [5.74, 6) is 0.407. The summed E-state index contributed by atoms with van der Waals surface area (Å²) in [4.78, 5) is 3.88. The normalized spacial score (nSPS) is 11.1. The third kappa shape index (κ3) is 3.15. The topological polar surface area (TPSA) is 68.3 Å². The van der Waals surface area contributed by atoms with Crippen LogP contribution in [-0.4, -0.2) is 26.8 Å². The maximum Gasteiger partial charge on any atom is 0.229 e. The van der Waals surface area contributed by atoms with E-state index in [0.29, 0.717) is 16.0 Å². The molecule has 78 valence electrons. The Morgan fingerprint density at radius 2 is 2.21 bits per heavy atom. The van der Waals surface area contributed by atoms with Gasteiger partial charge in [-0.05, 0) is 22.0 Å². The number of halogens is 1. The summed E-state index contributed by atoms with van der Waals surface area (Å²) >= 11 is 3.19. The lowest BCUT2D eigenvalue weighted by atomic mass is 10.4. The molecule has 0 atom stereocenters. The second-order valence-electron chi connectivity index (χ2n) is 2.59. The smallest absolute Gasteiger partial charge is 0.229 e. The molecule has 0 saturated heterocycles. The third-order valence-corrected chi connectivity index (χ3v) is 2.48. The zero-order chi connectivity index (χ0) is 10.8. The van der Waals surface area contributed by atoms with E-state index in [9.17, 15) is 8.42 Å². The van der Waals surface area contributed by atoms with E-state index in [1.54, 1.807) is 6.07 Å². The minimum Gasteiger partial charge on any atom is -0.480 e. The van der Waals surface area contributed by atoms with Crippen LogP contribution in [-0.2, 0) is 10.0 Å². The monoisotopic (exact) mass is 280 g/mol. The molecule has 0 unspecified atom stereocenters. The number of rotatable bonds is 3. The first-order valence-electron chi connectivity index (χ1n) is 3.59. The summed E-state index contributed by atoms with van der Waals surface area (Å²) in [7, 11) is -1.78. The predicted molar refractivity (Wildman–Crippen MR) is 57.0 cm³/mol. The van der Waals surface area contributed by atoms with Crippen molar-refractivity contribution in [2.24, 2.45) is 0 Å². The van der Waals surface area contributed by atoms with Gasteiger partial charge in [-0.1, -0.05) is 0 Å². The minimum absolute atomic E-state index is 0.389. The molecular formula is C7H9BrN2O3S. The first-order valence-corrected chi connectivity index (χ1v) is 6.28. The van der Waals surface area contributed by atoms with Crippen molar-refractivity contribution in [1.82, 2.24) is 4.98 Å². The molecule has 14 heavy (non-hydrogen) atoms. The number of hydrogen-bond donors (Lipinski definition) is 1. The first-order chi connectivity index (χ1) is 6.42. The second-order valence-corrected chi connectivity index (χ2v) is 5.19. The molecule has 5 nitrogen and oxygen atoms in total. The number of methoxy groups -OCH3 is 1. The molecule has 0 aliphatic heterocycles. The van der Waals surface area contributed by atoms with Crippen molar-refractivity contribution in [2.75, 3.05) is 18.1 Å². The molecule has 1 N–H and O–H groups in total. The van der Waals surface area contributed by atoms with Gasteiger partial charge < -0.3 is 4.74 Å². The van der Waals surface area contributed by atoms with Crippen LogP contribution in [0.15, 0.2) is 16.7 Å². The lowest BCUT2D eigenvalue weighted by Crippen LogP contribution is -2.09. The Morgan fingerprint density at radius 1 is 1.57 bits per heavy atom. The van der Waals surface area contributed by atoms with Crippen LogP contribution in [0.25, 0.3) is 0 Å². The molecule has 0 radical (unpaired) electrons. The van der Waals surface area contributed by atoms with E-state index in [1.165, 1.54) is 13.3 Å². The summed E-state index contributed by atoms with van der Waals surface area (Å²) in [6.45, 7) is 0. The summed E-state index contributed by atoms with van der Waals surface area (Å²) in [5, 5.41) is 0. The van der Waals surface area contributed by atoms with Crippen LogP contribution < -0.4 is 9.46 Å². The minimum atomic E-state index is -3.27. The van der Waals surface area contributed by atoms with Gasteiger partial charge in [0.05, 0.1) is 29.7 Å². The van der Waals surface area contributed by atoms with E-state index in [1.807, 2.05) is 0 Å². The highest BCUT2D eigenvalue weighted by atomic mass is 79.9. The molecule has 0 aromatic carbocycles. The summed E-state index contributed by atoms with van der Waals surface area (Å²) < 4.78 is 29.5. The summed E-state index contributed by atoms with van der Waals surface area (Å²) in [6.07, 6.45) is 2.45. The van der Waals surface area contributed by atoms with Gasteiger partial charge in [-0.25, -0.2) is 13.4 Å². The fourth-order valence-electron chi connectivity index (χ4n) is 0.845. The van der Waals surface area contributed by atoms with Crippen molar-refractivity contribution in [2.45, 2.75) is 0 Å². The van der Waals surface area contributed by atoms with Gasteiger partial charge in [0.15, 0.2) is 0 Å². The van der Waals surface area contributed by atoms with Crippen molar-refractivity contribution in [1.29, 1.82) is 0 Å². The third-order valence-electron chi connectivity index (χ3n) is 1.30. The number of pyridine rings is 1. The van der Waals surface area contributed by atoms with Crippen LogP contribution in [0.3, 0.4) is 0 Å². The SMILES string of the molecule is COc1ncc(NS(C)(=O)=O)cc1Br. The van der Waals surface area contributed by atoms with Crippen molar-refractivity contribution >= 4 is 31.6 Å². The summed E-state index contributed by atoms with van der Waals surface area (Å²) in [6, 6.07) is 1.58. The van der Waals surface area contributed by atoms with Crippen LogP contribution in [0.4, 0.5) is 5.69 Å². The highest BCUT2D eigenvalue weighted by Gasteiger charge is 2.06. The molecule has 0 bridgehead atoms. The second kappa shape index (κ2) is 4.14. The van der Waals surface area contributed by atoms with Gasteiger partial charge in [0.1, 0.15) is 0 Å². The molecular weight excluding hydrogens is 272 g/mol. The average Bonchev–Trinajstić information content (AvgIpc) is 2.01. The Kier molecular flexibility index (Phi) is 3.33. The van der Waals surface area contributed by atoms with Crippen LogP contribution >= 0.6 is 15.9 Å². The Labute approximate surface area is 90.7 Å². The Hall–Kier alpha value is -0.820. The van der Waals surface area contributed by atoms with Crippen molar-refractivity contribution < 1.29 is 13.2 Å². The number of anilines is 1. The van der Waals surface area contributed by atoms with E-state index in [4.69, 9.17) is 4.74 Å². The maximum atomic E-state index is 10.9. The van der Waals surface area contributed by atoms with Crippen LogP contribution in [0.5, 0.6) is 5.88 Å². The maximum absolute atomic E-state index is 10.9. The van der Waals surface area contributed by atoms with Gasteiger partial charge in [-0.15, -0.1) is 0 Å². The first kappa shape index (κ1) is 11.3. The van der Waals surface area contributed by atoms with Gasteiger partial charge in [-0.2, -0.15) is 0 Å².